The quantitative estimate of drug-likeness (QED) is 0.690. The van der Waals surface area contributed by atoms with Gasteiger partial charge in [-0.1, -0.05) is 6.07 Å². The maximum absolute atomic E-state index is 13.2. The Morgan fingerprint density at radius 1 is 1.29 bits per heavy atom. The lowest BCUT2D eigenvalue weighted by molar-refractivity contribution is -0.281. The topological polar surface area (TPSA) is 9.23 Å². The van der Waals surface area contributed by atoms with Gasteiger partial charge in [-0.25, -0.2) is 4.39 Å². The molecule has 5 heteroatoms. The molecule has 94 valence electrons. The molecule has 0 saturated carbocycles. The zero-order valence-electron chi connectivity index (χ0n) is 9.27. The average molecular weight is 248 g/mol. The van der Waals surface area contributed by atoms with Gasteiger partial charge in [-0.2, -0.15) is 13.2 Å². The first-order valence-corrected chi connectivity index (χ1v) is 5.31. The van der Waals surface area contributed by atoms with Gasteiger partial charge < -0.3 is 4.74 Å². The summed E-state index contributed by atoms with van der Waals surface area (Å²) in [6.45, 7) is 0. The molecule has 1 unspecified atom stereocenters. The molecule has 1 nitrogen and oxygen atoms in total. The van der Waals surface area contributed by atoms with Gasteiger partial charge >= 0.3 is 6.18 Å². The number of benzene rings is 1. The van der Waals surface area contributed by atoms with Gasteiger partial charge in [0.2, 0.25) is 0 Å². The van der Waals surface area contributed by atoms with E-state index in [-0.39, 0.29) is 12.0 Å². The first kappa shape index (κ1) is 12.4. The third kappa shape index (κ3) is 1.82. The number of fused-ring (bicyclic) bond motifs is 1. The zero-order valence-corrected chi connectivity index (χ0v) is 9.27. The third-order valence-electron chi connectivity index (χ3n) is 3.29. The highest BCUT2D eigenvalue weighted by Crippen LogP contribution is 2.49. The molecule has 0 spiro atoms. The van der Waals surface area contributed by atoms with Crippen LogP contribution in [0.2, 0.25) is 0 Å². The maximum Gasteiger partial charge on any atom is 0.421 e. The summed E-state index contributed by atoms with van der Waals surface area (Å²) in [5, 5.41) is 0. The second kappa shape index (κ2) is 3.98. The molecule has 1 aliphatic carbocycles. The molecular weight excluding hydrogens is 236 g/mol. The van der Waals surface area contributed by atoms with E-state index >= 15 is 0 Å². The van der Waals surface area contributed by atoms with Gasteiger partial charge in [0.05, 0.1) is 0 Å². The van der Waals surface area contributed by atoms with Crippen LogP contribution in [0.4, 0.5) is 17.6 Å². The molecule has 0 amide bonds. The highest BCUT2D eigenvalue weighted by Gasteiger charge is 2.58. The van der Waals surface area contributed by atoms with E-state index < -0.39 is 17.6 Å². The number of alkyl halides is 3. The molecule has 0 N–H and O–H groups in total. The normalized spacial score (nSPS) is 24.5. The molecule has 0 aromatic heterocycles. The van der Waals surface area contributed by atoms with Crippen molar-refractivity contribution in [2.45, 2.75) is 31.0 Å². The van der Waals surface area contributed by atoms with Crippen molar-refractivity contribution in [1.29, 1.82) is 0 Å². The largest absolute Gasteiger partial charge is 0.421 e. The second-order valence-electron chi connectivity index (χ2n) is 4.18. The Morgan fingerprint density at radius 2 is 2.00 bits per heavy atom. The summed E-state index contributed by atoms with van der Waals surface area (Å²) in [6.07, 6.45) is -3.79. The van der Waals surface area contributed by atoms with Crippen LogP contribution in [-0.4, -0.2) is 13.3 Å². The first-order valence-electron chi connectivity index (χ1n) is 5.31. The highest BCUT2D eigenvalue weighted by molar-refractivity contribution is 5.36. The highest BCUT2D eigenvalue weighted by atomic mass is 19.4. The van der Waals surface area contributed by atoms with Crippen LogP contribution in [0.25, 0.3) is 0 Å². The summed E-state index contributed by atoms with van der Waals surface area (Å²) in [6, 6.07) is 3.52. The van der Waals surface area contributed by atoms with Crippen molar-refractivity contribution >= 4 is 0 Å². The summed E-state index contributed by atoms with van der Waals surface area (Å²) >= 11 is 0. The molecule has 0 saturated heterocycles. The Kier molecular flexibility index (Phi) is 2.89. The van der Waals surface area contributed by atoms with E-state index in [9.17, 15) is 17.6 Å². The van der Waals surface area contributed by atoms with Gasteiger partial charge in [-0.3, -0.25) is 0 Å². The zero-order chi connectivity index (χ0) is 12.7. The third-order valence-corrected chi connectivity index (χ3v) is 3.29. The predicted molar refractivity (Wildman–Crippen MR) is 54.1 cm³/mol. The molecule has 0 bridgehead atoms. The molecule has 17 heavy (non-hydrogen) atoms. The number of hydrogen-bond acceptors (Lipinski definition) is 1. The van der Waals surface area contributed by atoms with E-state index in [2.05, 4.69) is 0 Å². The minimum Gasteiger partial charge on any atom is -0.364 e. The fourth-order valence-electron chi connectivity index (χ4n) is 2.43. The smallest absolute Gasteiger partial charge is 0.364 e. The van der Waals surface area contributed by atoms with Crippen LogP contribution >= 0.6 is 0 Å². The van der Waals surface area contributed by atoms with Crippen LogP contribution in [0.1, 0.15) is 24.0 Å². The Labute approximate surface area is 96.4 Å². The van der Waals surface area contributed by atoms with Gasteiger partial charge in [-0.05, 0) is 42.5 Å². The minimum atomic E-state index is -4.54. The van der Waals surface area contributed by atoms with Crippen molar-refractivity contribution in [3.63, 3.8) is 0 Å². The van der Waals surface area contributed by atoms with Crippen molar-refractivity contribution in [3.8, 4) is 0 Å². The molecule has 0 radical (unpaired) electrons. The van der Waals surface area contributed by atoms with Crippen molar-refractivity contribution < 1.29 is 22.3 Å². The molecule has 2 rings (SSSR count). The summed E-state index contributed by atoms with van der Waals surface area (Å²) in [5.74, 6) is -0.670. The van der Waals surface area contributed by atoms with Crippen molar-refractivity contribution in [3.05, 3.63) is 35.1 Å². The number of aryl methyl sites for hydroxylation is 1. The number of halogens is 4. The first-order chi connectivity index (χ1) is 7.90. The predicted octanol–water partition coefficient (Wildman–Crippen LogP) is 3.57. The monoisotopic (exact) mass is 248 g/mol. The SMILES string of the molecule is COC1(C(F)(F)F)CCCc2ccc(F)cc21. The lowest BCUT2D eigenvalue weighted by Crippen LogP contribution is -2.46. The fourth-order valence-corrected chi connectivity index (χ4v) is 2.43. The van der Waals surface area contributed by atoms with E-state index in [4.69, 9.17) is 4.74 Å². The van der Waals surface area contributed by atoms with Crippen LogP contribution < -0.4 is 0 Å². The van der Waals surface area contributed by atoms with Crippen LogP contribution in [0.3, 0.4) is 0 Å². The molecule has 1 aliphatic rings. The van der Waals surface area contributed by atoms with E-state index in [0.717, 1.165) is 13.2 Å². The Hall–Kier alpha value is -1.10. The standard InChI is InChI=1S/C12H12F4O/c1-17-11(12(14,15)16)6-2-3-8-4-5-9(13)7-10(8)11/h4-5,7H,2-3,6H2,1H3. The lowest BCUT2D eigenvalue weighted by atomic mass is 9.78. The van der Waals surface area contributed by atoms with Gasteiger partial charge in [-0.15, -0.1) is 0 Å². The summed E-state index contributed by atoms with van der Waals surface area (Å²) < 4.78 is 57.4. The van der Waals surface area contributed by atoms with E-state index in [1.165, 1.54) is 12.1 Å². The molecule has 1 atom stereocenters. The molecule has 1 aromatic carbocycles. The van der Waals surface area contributed by atoms with Gasteiger partial charge in [0.25, 0.3) is 0 Å². The van der Waals surface area contributed by atoms with Crippen molar-refractivity contribution in [2.24, 2.45) is 0 Å². The summed E-state index contributed by atoms with van der Waals surface area (Å²) in [7, 11) is 1.02. The molecule has 0 fully saturated rings. The Morgan fingerprint density at radius 3 is 2.59 bits per heavy atom. The molecule has 0 heterocycles. The van der Waals surface area contributed by atoms with Crippen LogP contribution in [0.5, 0.6) is 0 Å². The van der Waals surface area contributed by atoms with E-state index in [1.54, 1.807) is 0 Å². The molecule has 1 aromatic rings. The van der Waals surface area contributed by atoms with Crippen LogP contribution in [-0.2, 0) is 16.8 Å². The Bertz CT molecular complexity index is 427. The minimum absolute atomic E-state index is 0.0845. The summed E-state index contributed by atoms with van der Waals surface area (Å²) in [4.78, 5) is 0. The number of rotatable bonds is 1. The average Bonchev–Trinajstić information content (AvgIpc) is 2.26. The maximum atomic E-state index is 13.2. The Balaban J connectivity index is 2.62. The van der Waals surface area contributed by atoms with Gasteiger partial charge in [0.15, 0.2) is 5.60 Å². The van der Waals surface area contributed by atoms with E-state index in [1.807, 2.05) is 0 Å². The fraction of sp³-hybridized carbons (Fsp3) is 0.500. The van der Waals surface area contributed by atoms with Crippen molar-refractivity contribution in [1.82, 2.24) is 0 Å². The lowest BCUT2D eigenvalue weighted by Gasteiger charge is -2.39. The van der Waals surface area contributed by atoms with Crippen LogP contribution in [0.15, 0.2) is 18.2 Å². The number of hydrogen-bond donors (Lipinski definition) is 0. The second-order valence-corrected chi connectivity index (χ2v) is 4.18. The number of methoxy groups -OCH3 is 1. The summed E-state index contributed by atoms with van der Waals surface area (Å²) in [5.41, 5.74) is -1.93. The van der Waals surface area contributed by atoms with Gasteiger partial charge in [0.1, 0.15) is 5.82 Å². The molecular formula is C12H12F4O. The van der Waals surface area contributed by atoms with Gasteiger partial charge in [0, 0.05) is 7.11 Å². The number of ether oxygens (including phenoxy) is 1. The van der Waals surface area contributed by atoms with E-state index in [0.29, 0.717) is 18.4 Å². The van der Waals surface area contributed by atoms with Crippen LogP contribution in [0, 0.1) is 5.82 Å². The molecule has 0 aliphatic heterocycles. The van der Waals surface area contributed by atoms with Crippen molar-refractivity contribution in [2.75, 3.05) is 7.11 Å².